The molecule has 5 heteroatoms. The van der Waals surface area contributed by atoms with Gasteiger partial charge in [0.2, 0.25) is 11.8 Å². The average Bonchev–Trinajstić information content (AvgIpc) is 3.54. The zero-order chi connectivity index (χ0) is 20.6. The number of anilines is 1. The van der Waals surface area contributed by atoms with Crippen LogP contribution in [0.2, 0.25) is 0 Å². The summed E-state index contributed by atoms with van der Waals surface area (Å²) in [5.41, 5.74) is 4.26. The molecule has 0 heterocycles. The Morgan fingerprint density at radius 2 is 1.79 bits per heavy atom. The number of nitrogens with zero attached hydrogens (tertiary/aromatic N) is 1. The number of nitrogens with one attached hydrogen (secondary N) is 2. The van der Waals surface area contributed by atoms with Crippen molar-refractivity contribution in [3.05, 3.63) is 65.2 Å². The van der Waals surface area contributed by atoms with Gasteiger partial charge in [-0.05, 0) is 55.9 Å². The summed E-state index contributed by atoms with van der Waals surface area (Å²) in [7, 11) is 0. The van der Waals surface area contributed by atoms with Crippen molar-refractivity contribution in [2.75, 3.05) is 25.0 Å². The van der Waals surface area contributed by atoms with Crippen LogP contribution in [0.4, 0.5) is 5.69 Å². The van der Waals surface area contributed by atoms with E-state index < -0.39 is 0 Å². The van der Waals surface area contributed by atoms with Gasteiger partial charge < -0.3 is 10.6 Å². The largest absolute Gasteiger partial charge is 0.356 e. The van der Waals surface area contributed by atoms with E-state index in [0.29, 0.717) is 32.1 Å². The molecule has 154 valence electrons. The van der Waals surface area contributed by atoms with Crippen molar-refractivity contribution >= 4 is 17.5 Å². The molecule has 1 aliphatic carbocycles. The van der Waals surface area contributed by atoms with Crippen LogP contribution in [-0.4, -0.2) is 42.4 Å². The summed E-state index contributed by atoms with van der Waals surface area (Å²) in [5.74, 6) is 0.0246. The maximum Gasteiger partial charge on any atom is 0.238 e. The molecule has 0 unspecified atom stereocenters. The Morgan fingerprint density at radius 1 is 1.03 bits per heavy atom. The first-order chi connectivity index (χ1) is 14.0. The maximum absolute atomic E-state index is 12.5. The van der Waals surface area contributed by atoms with Gasteiger partial charge in [0.1, 0.15) is 0 Å². The van der Waals surface area contributed by atoms with Crippen LogP contribution >= 0.6 is 0 Å². The van der Waals surface area contributed by atoms with Gasteiger partial charge in [0.25, 0.3) is 0 Å². The second-order valence-corrected chi connectivity index (χ2v) is 7.90. The lowest BCUT2D eigenvalue weighted by Crippen LogP contribution is -2.38. The SMILES string of the molecule is Cc1ccc(C)c(NC(=O)CN(CCC(=O)NCCc2ccccc2)C2CC2)c1. The Hall–Kier alpha value is -2.66. The van der Waals surface area contributed by atoms with Crippen molar-refractivity contribution in [3.8, 4) is 0 Å². The minimum absolute atomic E-state index is 0.0184. The molecule has 0 atom stereocenters. The van der Waals surface area contributed by atoms with Gasteiger partial charge >= 0.3 is 0 Å². The van der Waals surface area contributed by atoms with Crippen LogP contribution < -0.4 is 10.6 Å². The van der Waals surface area contributed by atoms with Gasteiger partial charge in [-0.3, -0.25) is 14.5 Å². The molecule has 1 aliphatic rings. The molecule has 2 aromatic rings. The Labute approximate surface area is 173 Å². The number of carbonyl (C=O) groups is 2. The molecule has 0 radical (unpaired) electrons. The predicted octanol–water partition coefficient (Wildman–Crippen LogP) is 3.46. The Kier molecular flexibility index (Phi) is 7.42. The Balaban J connectivity index is 1.42. The van der Waals surface area contributed by atoms with Crippen molar-refractivity contribution < 1.29 is 9.59 Å². The molecule has 2 aromatic carbocycles. The lowest BCUT2D eigenvalue weighted by Gasteiger charge is -2.21. The molecular weight excluding hydrogens is 362 g/mol. The number of hydrogen-bond acceptors (Lipinski definition) is 3. The van der Waals surface area contributed by atoms with E-state index in [9.17, 15) is 9.59 Å². The lowest BCUT2D eigenvalue weighted by molar-refractivity contribution is -0.122. The Morgan fingerprint density at radius 3 is 2.52 bits per heavy atom. The van der Waals surface area contributed by atoms with E-state index >= 15 is 0 Å². The first-order valence-electron chi connectivity index (χ1n) is 10.4. The van der Waals surface area contributed by atoms with Gasteiger partial charge in [0, 0.05) is 31.2 Å². The lowest BCUT2D eigenvalue weighted by atomic mass is 10.1. The van der Waals surface area contributed by atoms with Gasteiger partial charge in [-0.25, -0.2) is 0 Å². The summed E-state index contributed by atoms with van der Waals surface area (Å²) in [5, 5.41) is 6.01. The van der Waals surface area contributed by atoms with Gasteiger partial charge in [-0.2, -0.15) is 0 Å². The summed E-state index contributed by atoms with van der Waals surface area (Å²) in [6.07, 6.45) is 3.46. The number of hydrogen-bond donors (Lipinski definition) is 2. The molecule has 0 aromatic heterocycles. The average molecular weight is 394 g/mol. The molecule has 0 bridgehead atoms. The highest BCUT2D eigenvalue weighted by Gasteiger charge is 2.30. The number of rotatable bonds is 10. The van der Waals surface area contributed by atoms with E-state index in [1.165, 1.54) is 5.56 Å². The molecule has 2 amide bonds. The second kappa shape index (κ2) is 10.2. The van der Waals surface area contributed by atoms with Gasteiger partial charge in [0.15, 0.2) is 0 Å². The van der Waals surface area contributed by atoms with Gasteiger partial charge in [-0.15, -0.1) is 0 Å². The predicted molar refractivity (Wildman–Crippen MR) is 117 cm³/mol. The molecule has 1 saturated carbocycles. The highest BCUT2D eigenvalue weighted by molar-refractivity contribution is 5.93. The fourth-order valence-electron chi connectivity index (χ4n) is 3.40. The first-order valence-corrected chi connectivity index (χ1v) is 10.4. The number of carbonyl (C=O) groups excluding carboxylic acids is 2. The molecule has 0 aliphatic heterocycles. The zero-order valence-corrected chi connectivity index (χ0v) is 17.4. The topological polar surface area (TPSA) is 61.4 Å². The molecule has 2 N–H and O–H groups in total. The fraction of sp³-hybridized carbons (Fsp3) is 0.417. The highest BCUT2D eigenvalue weighted by Crippen LogP contribution is 2.27. The molecule has 29 heavy (non-hydrogen) atoms. The summed E-state index contributed by atoms with van der Waals surface area (Å²) in [6.45, 7) is 5.59. The van der Waals surface area contributed by atoms with E-state index in [-0.39, 0.29) is 11.8 Å². The van der Waals surface area contributed by atoms with Crippen LogP contribution in [0, 0.1) is 13.8 Å². The monoisotopic (exact) mass is 393 g/mol. The molecule has 0 spiro atoms. The van der Waals surface area contributed by atoms with E-state index in [4.69, 9.17) is 0 Å². The standard InChI is InChI=1S/C24H31N3O2/c1-18-8-9-19(2)22(16-18)26-24(29)17-27(21-10-11-21)15-13-23(28)25-14-12-20-6-4-3-5-7-20/h3-9,16,21H,10-15,17H2,1-2H3,(H,25,28)(H,26,29). The summed E-state index contributed by atoms with van der Waals surface area (Å²) in [4.78, 5) is 26.9. The van der Waals surface area contributed by atoms with Crippen molar-refractivity contribution in [3.63, 3.8) is 0 Å². The summed E-state index contributed by atoms with van der Waals surface area (Å²) < 4.78 is 0. The highest BCUT2D eigenvalue weighted by atomic mass is 16.2. The maximum atomic E-state index is 12.5. The van der Waals surface area contributed by atoms with Crippen LogP contribution in [0.5, 0.6) is 0 Å². The van der Waals surface area contributed by atoms with Crippen molar-refractivity contribution in [1.29, 1.82) is 0 Å². The third kappa shape index (κ3) is 7.02. The third-order valence-electron chi connectivity index (χ3n) is 5.28. The second-order valence-electron chi connectivity index (χ2n) is 7.90. The van der Waals surface area contributed by atoms with E-state index in [0.717, 1.165) is 36.1 Å². The van der Waals surface area contributed by atoms with Crippen molar-refractivity contribution in [1.82, 2.24) is 10.2 Å². The van der Waals surface area contributed by atoms with E-state index in [1.807, 2.05) is 50.2 Å². The minimum Gasteiger partial charge on any atom is -0.356 e. The number of benzene rings is 2. The van der Waals surface area contributed by atoms with Crippen LogP contribution in [0.1, 0.15) is 36.0 Å². The quantitative estimate of drug-likeness (QED) is 0.650. The molecular formula is C24H31N3O2. The van der Waals surface area contributed by atoms with Crippen LogP contribution in [0.3, 0.4) is 0 Å². The zero-order valence-electron chi connectivity index (χ0n) is 17.4. The number of aryl methyl sites for hydroxylation is 2. The van der Waals surface area contributed by atoms with Crippen LogP contribution in [0.15, 0.2) is 48.5 Å². The van der Waals surface area contributed by atoms with E-state index in [1.54, 1.807) is 0 Å². The summed E-state index contributed by atoms with van der Waals surface area (Å²) >= 11 is 0. The minimum atomic E-state index is -0.0184. The van der Waals surface area contributed by atoms with Gasteiger partial charge in [-0.1, -0.05) is 42.5 Å². The molecule has 3 rings (SSSR count). The summed E-state index contributed by atoms with van der Waals surface area (Å²) in [6, 6.07) is 16.6. The van der Waals surface area contributed by atoms with Gasteiger partial charge in [0.05, 0.1) is 6.54 Å². The normalized spacial score (nSPS) is 13.3. The Bertz CT molecular complexity index is 831. The van der Waals surface area contributed by atoms with Crippen molar-refractivity contribution in [2.45, 2.75) is 45.6 Å². The van der Waals surface area contributed by atoms with Crippen LogP contribution in [-0.2, 0) is 16.0 Å². The smallest absolute Gasteiger partial charge is 0.238 e. The molecule has 0 saturated heterocycles. The fourth-order valence-corrected chi connectivity index (χ4v) is 3.40. The number of amides is 2. The van der Waals surface area contributed by atoms with Crippen molar-refractivity contribution in [2.24, 2.45) is 0 Å². The van der Waals surface area contributed by atoms with E-state index in [2.05, 4.69) is 27.7 Å². The first kappa shape index (κ1) is 21.1. The molecule has 1 fully saturated rings. The van der Waals surface area contributed by atoms with Crippen LogP contribution in [0.25, 0.3) is 0 Å². The third-order valence-corrected chi connectivity index (χ3v) is 5.28. The molecule has 5 nitrogen and oxygen atoms in total.